The third-order valence-electron chi connectivity index (χ3n) is 15.2. The van der Waals surface area contributed by atoms with Gasteiger partial charge in [0.15, 0.2) is 12.2 Å². The predicted molar refractivity (Wildman–Crippen MR) is 335 cm³/mol. The Morgan fingerprint density at radius 1 is 0.333 bits per heavy atom. The van der Waals surface area contributed by atoms with Crippen LogP contribution in [0.25, 0.3) is 0 Å². The Kier molecular flexibility index (Phi) is 53.9. The van der Waals surface area contributed by atoms with Crippen molar-refractivity contribution in [3.8, 4) is 0 Å². The number of rotatable bonds is 62. The van der Waals surface area contributed by atoms with E-state index in [1.54, 1.807) is 0 Å². The Morgan fingerprint density at radius 3 is 0.845 bits per heavy atom. The topological polar surface area (TPSA) is 237 Å². The van der Waals surface area contributed by atoms with Gasteiger partial charge >= 0.3 is 39.5 Å². The van der Waals surface area contributed by atoms with Gasteiger partial charge in [-0.25, -0.2) is 9.13 Å². The van der Waals surface area contributed by atoms with Crippen molar-refractivity contribution >= 4 is 39.5 Å². The van der Waals surface area contributed by atoms with E-state index in [0.717, 1.165) is 114 Å². The van der Waals surface area contributed by atoms with E-state index >= 15 is 0 Å². The number of aliphatic hydroxyl groups is 1. The molecule has 4 unspecified atom stereocenters. The largest absolute Gasteiger partial charge is 0.472 e. The summed E-state index contributed by atoms with van der Waals surface area (Å²) in [5.41, 5.74) is 0. The summed E-state index contributed by atoms with van der Waals surface area (Å²) in [6.07, 6.45) is 34.9. The summed E-state index contributed by atoms with van der Waals surface area (Å²) in [6, 6.07) is 0. The van der Waals surface area contributed by atoms with E-state index in [1.165, 1.54) is 116 Å². The maximum atomic E-state index is 13.0. The molecular formula is C65H126O17P2. The number of aliphatic hydroxyl groups excluding tert-OH is 1. The van der Waals surface area contributed by atoms with Crippen molar-refractivity contribution < 1.29 is 80.2 Å². The average Bonchev–Trinajstić information content (AvgIpc) is 3.47. The van der Waals surface area contributed by atoms with E-state index < -0.39 is 97.5 Å². The number of hydrogen-bond donors (Lipinski definition) is 3. The molecule has 6 atom stereocenters. The first-order valence-corrected chi connectivity index (χ1v) is 36.7. The second kappa shape index (κ2) is 55.2. The van der Waals surface area contributed by atoms with Crippen LogP contribution in [-0.2, 0) is 65.4 Å². The Hall–Kier alpha value is -1.94. The van der Waals surface area contributed by atoms with Gasteiger partial charge in [0.05, 0.1) is 26.4 Å². The fourth-order valence-corrected chi connectivity index (χ4v) is 11.2. The predicted octanol–water partition coefficient (Wildman–Crippen LogP) is 17.8. The third-order valence-corrected chi connectivity index (χ3v) is 17.1. The number of unbranched alkanes of at least 4 members (excludes halogenated alkanes) is 27. The van der Waals surface area contributed by atoms with Gasteiger partial charge in [0.1, 0.15) is 19.3 Å². The summed E-state index contributed by atoms with van der Waals surface area (Å²) in [5, 5.41) is 10.5. The first-order chi connectivity index (χ1) is 40.1. The molecule has 0 amide bonds. The highest BCUT2D eigenvalue weighted by Gasteiger charge is 2.30. The van der Waals surface area contributed by atoms with E-state index in [-0.39, 0.29) is 25.7 Å². The van der Waals surface area contributed by atoms with Crippen molar-refractivity contribution in [2.75, 3.05) is 39.6 Å². The molecule has 0 saturated heterocycles. The normalized spacial score (nSPS) is 14.7. The molecule has 3 N–H and O–H groups in total. The number of phosphoric ester groups is 2. The van der Waals surface area contributed by atoms with Gasteiger partial charge in [0.25, 0.3) is 0 Å². The molecule has 17 nitrogen and oxygen atoms in total. The van der Waals surface area contributed by atoms with Crippen LogP contribution in [0.15, 0.2) is 0 Å². The Balaban J connectivity index is 5.26. The SMILES string of the molecule is CCC(C)CCCCCCCCC(=O)O[C@H](COC(=O)CCCCCCCCCCC(C)C)COP(=O)(O)OCC(O)COP(=O)(O)OC[C@@H](COC(=O)CCCCCCCCCCC(C)C)OC(=O)CCCCCCCCCCCC(C)C. The van der Waals surface area contributed by atoms with Gasteiger partial charge < -0.3 is 33.8 Å². The summed E-state index contributed by atoms with van der Waals surface area (Å²) in [7, 11) is -9.89. The maximum absolute atomic E-state index is 13.0. The first-order valence-electron chi connectivity index (χ1n) is 33.7. The van der Waals surface area contributed by atoms with E-state index in [9.17, 15) is 43.2 Å². The van der Waals surface area contributed by atoms with Crippen molar-refractivity contribution in [1.82, 2.24) is 0 Å². The van der Waals surface area contributed by atoms with Crippen LogP contribution in [0.5, 0.6) is 0 Å². The molecule has 0 aromatic rings. The fourth-order valence-electron chi connectivity index (χ4n) is 9.57. The zero-order chi connectivity index (χ0) is 62.5. The lowest BCUT2D eigenvalue weighted by atomic mass is 10.00. The van der Waals surface area contributed by atoms with Crippen LogP contribution in [0.4, 0.5) is 0 Å². The minimum Gasteiger partial charge on any atom is -0.462 e. The molecule has 0 aromatic heterocycles. The lowest BCUT2D eigenvalue weighted by molar-refractivity contribution is -0.161. The summed E-state index contributed by atoms with van der Waals surface area (Å²) in [6.45, 7) is 14.0. The second-order valence-corrected chi connectivity index (χ2v) is 28.1. The fraction of sp³-hybridized carbons (Fsp3) is 0.938. The van der Waals surface area contributed by atoms with Gasteiger partial charge in [0, 0.05) is 25.7 Å². The first kappa shape index (κ1) is 82.1. The minimum absolute atomic E-state index is 0.102. The molecule has 0 aliphatic rings. The molecule has 84 heavy (non-hydrogen) atoms. The maximum Gasteiger partial charge on any atom is 0.472 e. The van der Waals surface area contributed by atoms with E-state index in [0.29, 0.717) is 25.7 Å². The van der Waals surface area contributed by atoms with Crippen molar-refractivity contribution in [3.05, 3.63) is 0 Å². The number of carbonyl (C=O) groups is 4. The summed E-state index contributed by atoms with van der Waals surface area (Å²) in [4.78, 5) is 72.3. The van der Waals surface area contributed by atoms with E-state index in [1.807, 2.05) is 0 Å². The Bertz CT molecular complexity index is 1680. The van der Waals surface area contributed by atoms with Crippen molar-refractivity contribution in [1.29, 1.82) is 0 Å². The van der Waals surface area contributed by atoms with Crippen LogP contribution in [0.1, 0.15) is 312 Å². The van der Waals surface area contributed by atoms with Crippen LogP contribution in [0, 0.1) is 23.7 Å². The molecule has 498 valence electrons. The number of hydrogen-bond acceptors (Lipinski definition) is 15. The molecule has 0 heterocycles. The highest BCUT2D eigenvalue weighted by Crippen LogP contribution is 2.45. The smallest absolute Gasteiger partial charge is 0.462 e. The van der Waals surface area contributed by atoms with Crippen LogP contribution in [0.2, 0.25) is 0 Å². The Morgan fingerprint density at radius 2 is 0.571 bits per heavy atom. The quantitative estimate of drug-likeness (QED) is 0.0222. The number of phosphoric acid groups is 2. The van der Waals surface area contributed by atoms with Crippen molar-refractivity contribution in [2.24, 2.45) is 23.7 Å². The van der Waals surface area contributed by atoms with Crippen molar-refractivity contribution in [3.63, 3.8) is 0 Å². The van der Waals surface area contributed by atoms with Crippen molar-refractivity contribution in [2.45, 2.75) is 331 Å². The van der Waals surface area contributed by atoms with Gasteiger partial charge in [-0.15, -0.1) is 0 Å². The molecule has 19 heteroatoms. The molecule has 0 spiro atoms. The van der Waals surface area contributed by atoms with Gasteiger partial charge in [-0.3, -0.25) is 37.3 Å². The Labute approximate surface area is 511 Å². The zero-order valence-corrected chi connectivity index (χ0v) is 56.3. The van der Waals surface area contributed by atoms with Gasteiger partial charge in [-0.1, -0.05) is 261 Å². The molecule has 0 bridgehead atoms. The second-order valence-electron chi connectivity index (χ2n) is 25.2. The van der Waals surface area contributed by atoms with Crippen LogP contribution < -0.4 is 0 Å². The molecule has 0 aliphatic carbocycles. The zero-order valence-electron chi connectivity index (χ0n) is 54.5. The standard InChI is InChI=1S/C65H126O17P2/c1-9-58(8)44-36-28-23-24-32-40-48-65(70)82-61(52-76-63(68)46-38-30-21-16-14-19-27-35-43-57(6)7)54-80-84(73,74)78-50-59(66)49-77-83(71,72)79-53-60(51-75-62(67)45-37-29-20-15-13-18-26-34-42-56(4)5)81-64(69)47-39-31-22-12-10-11-17-25-33-41-55(2)3/h55-61,66H,9-54H2,1-8H3,(H,71,72)(H,73,74)/t58?,59?,60-,61-/m1/s1. The minimum atomic E-state index is -4.95. The van der Waals surface area contributed by atoms with E-state index in [4.69, 9.17) is 37.0 Å². The average molecular weight is 1240 g/mol. The number of ether oxygens (including phenoxy) is 4. The molecule has 0 saturated carbocycles. The lowest BCUT2D eigenvalue weighted by Crippen LogP contribution is -2.30. The molecule has 0 radical (unpaired) electrons. The van der Waals surface area contributed by atoms with Crippen LogP contribution in [0.3, 0.4) is 0 Å². The molecule has 0 fully saturated rings. The van der Waals surface area contributed by atoms with Gasteiger partial charge in [0.2, 0.25) is 0 Å². The molecular weight excluding hydrogens is 1110 g/mol. The summed E-state index contributed by atoms with van der Waals surface area (Å²) in [5.74, 6) is 0.769. The molecule has 0 rings (SSSR count). The highest BCUT2D eigenvalue weighted by atomic mass is 31.2. The van der Waals surface area contributed by atoms with Gasteiger partial charge in [-0.05, 0) is 49.4 Å². The molecule has 0 aliphatic heterocycles. The highest BCUT2D eigenvalue weighted by molar-refractivity contribution is 7.47. The third kappa shape index (κ3) is 57.8. The number of carbonyl (C=O) groups excluding carboxylic acids is 4. The monoisotopic (exact) mass is 1240 g/mol. The van der Waals surface area contributed by atoms with Gasteiger partial charge in [-0.2, -0.15) is 0 Å². The lowest BCUT2D eigenvalue weighted by Gasteiger charge is -2.21. The van der Waals surface area contributed by atoms with E-state index in [2.05, 4.69) is 55.4 Å². The molecule has 0 aromatic carbocycles. The summed E-state index contributed by atoms with van der Waals surface area (Å²) < 4.78 is 68.0. The summed E-state index contributed by atoms with van der Waals surface area (Å²) >= 11 is 0. The van der Waals surface area contributed by atoms with Crippen LogP contribution >= 0.6 is 15.6 Å². The van der Waals surface area contributed by atoms with Crippen LogP contribution in [-0.4, -0.2) is 96.7 Å². The number of esters is 4.